The SMILES string of the molecule is CB1N2C=CC=CC2=CN1C(C)(C)C. The Balaban J connectivity index is 2.30. The van der Waals surface area contributed by atoms with Gasteiger partial charge in [-0.2, -0.15) is 0 Å². The van der Waals surface area contributed by atoms with Crippen molar-refractivity contribution in [2.75, 3.05) is 0 Å². The molecule has 0 aromatic heterocycles. The van der Waals surface area contributed by atoms with E-state index >= 15 is 0 Å². The number of fused-ring (bicyclic) bond motifs is 1. The maximum absolute atomic E-state index is 2.39. The van der Waals surface area contributed by atoms with E-state index in [0.29, 0.717) is 6.98 Å². The van der Waals surface area contributed by atoms with Crippen molar-refractivity contribution in [2.45, 2.75) is 33.1 Å². The van der Waals surface area contributed by atoms with Crippen molar-refractivity contribution < 1.29 is 0 Å². The van der Waals surface area contributed by atoms with Crippen LogP contribution in [0.1, 0.15) is 20.8 Å². The first-order valence-corrected chi connectivity index (χ1v) is 5.13. The van der Waals surface area contributed by atoms with Crippen LogP contribution in [0, 0.1) is 0 Å². The van der Waals surface area contributed by atoms with Crippen LogP contribution < -0.4 is 0 Å². The summed E-state index contributed by atoms with van der Waals surface area (Å²) in [5.74, 6) is 0. The highest BCUT2D eigenvalue weighted by Crippen LogP contribution is 2.29. The fourth-order valence-corrected chi connectivity index (χ4v) is 2.06. The third kappa shape index (κ3) is 1.37. The molecule has 2 aliphatic heterocycles. The van der Waals surface area contributed by atoms with Gasteiger partial charge in [0.2, 0.25) is 0 Å². The van der Waals surface area contributed by atoms with Gasteiger partial charge in [0.1, 0.15) is 0 Å². The van der Waals surface area contributed by atoms with Gasteiger partial charge in [0.05, 0.1) is 0 Å². The first-order valence-electron chi connectivity index (χ1n) is 5.13. The summed E-state index contributed by atoms with van der Waals surface area (Å²) in [6.45, 7) is 9.38. The van der Waals surface area contributed by atoms with E-state index in [2.05, 4.69) is 67.8 Å². The summed E-state index contributed by atoms with van der Waals surface area (Å²) in [5, 5.41) is 0. The van der Waals surface area contributed by atoms with Gasteiger partial charge in [0.25, 0.3) is 0 Å². The van der Waals surface area contributed by atoms with E-state index in [0.717, 1.165) is 0 Å². The molecule has 2 rings (SSSR count). The predicted molar refractivity (Wildman–Crippen MR) is 61.4 cm³/mol. The summed E-state index contributed by atoms with van der Waals surface area (Å²) in [7, 11) is 0. The summed E-state index contributed by atoms with van der Waals surface area (Å²) in [5.41, 5.74) is 1.47. The van der Waals surface area contributed by atoms with Crippen LogP contribution in [0.3, 0.4) is 0 Å². The van der Waals surface area contributed by atoms with Crippen molar-refractivity contribution in [3.8, 4) is 0 Å². The standard InChI is InChI=1S/C11H17BN2/c1-11(2,3)14-9-10-7-5-6-8-13(10)12(14)4/h5-9H,1-4H3. The molecule has 0 aromatic carbocycles. The molecule has 0 bridgehead atoms. The quantitative estimate of drug-likeness (QED) is 0.538. The molecule has 2 nitrogen and oxygen atoms in total. The molecule has 2 heterocycles. The molecule has 0 amide bonds. The van der Waals surface area contributed by atoms with Crippen molar-refractivity contribution in [1.29, 1.82) is 0 Å². The number of allylic oxidation sites excluding steroid dienone is 3. The van der Waals surface area contributed by atoms with Crippen LogP contribution in [0.4, 0.5) is 0 Å². The molecule has 0 saturated carbocycles. The minimum atomic E-state index is 0.186. The lowest BCUT2D eigenvalue weighted by atomic mass is 9.73. The molecule has 0 radical (unpaired) electrons. The Morgan fingerprint density at radius 1 is 1.21 bits per heavy atom. The smallest absolute Gasteiger partial charge is 0.376 e. The Hall–Kier alpha value is -1.12. The Morgan fingerprint density at radius 2 is 1.93 bits per heavy atom. The third-order valence-corrected chi connectivity index (χ3v) is 2.77. The lowest BCUT2D eigenvalue weighted by Gasteiger charge is -2.36. The predicted octanol–water partition coefficient (Wildman–Crippen LogP) is 2.45. The van der Waals surface area contributed by atoms with Gasteiger partial charge in [-0.1, -0.05) is 6.08 Å². The van der Waals surface area contributed by atoms with Gasteiger partial charge >= 0.3 is 6.98 Å². The summed E-state index contributed by atoms with van der Waals surface area (Å²) < 4.78 is 0. The monoisotopic (exact) mass is 188 g/mol. The largest absolute Gasteiger partial charge is 0.396 e. The van der Waals surface area contributed by atoms with Gasteiger partial charge in [-0.3, -0.25) is 0 Å². The highest BCUT2D eigenvalue weighted by molar-refractivity contribution is 6.53. The van der Waals surface area contributed by atoms with Crippen molar-refractivity contribution in [3.05, 3.63) is 36.3 Å². The van der Waals surface area contributed by atoms with E-state index < -0.39 is 0 Å². The Labute approximate surface area is 86.7 Å². The third-order valence-electron chi connectivity index (χ3n) is 2.77. The molecule has 2 aliphatic rings. The fraction of sp³-hybridized carbons (Fsp3) is 0.455. The van der Waals surface area contributed by atoms with E-state index in [1.165, 1.54) is 5.70 Å². The fourth-order valence-electron chi connectivity index (χ4n) is 2.06. The molecule has 0 spiro atoms. The Kier molecular flexibility index (Phi) is 1.98. The van der Waals surface area contributed by atoms with E-state index in [1.54, 1.807) is 0 Å². The number of hydrogen-bond donors (Lipinski definition) is 0. The van der Waals surface area contributed by atoms with Crippen LogP contribution in [-0.4, -0.2) is 22.1 Å². The maximum Gasteiger partial charge on any atom is 0.376 e. The van der Waals surface area contributed by atoms with Crippen LogP contribution in [0.5, 0.6) is 0 Å². The van der Waals surface area contributed by atoms with E-state index in [-0.39, 0.29) is 5.54 Å². The second kappa shape index (κ2) is 2.94. The molecule has 14 heavy (non-hydrogen) atoms. The van der Waals surface area contributed by atoms with Crippen molar-refractivity contribution >= 4 is 6.98 Å². The van der Waals surface area contributed by atoms with Gasteiger partial charge in [-0.05, 0) is 45.9 Å². The second-order valence-corrected chi connectivity index (χ2v) is 4.87. The van der Waals surface area contributed by atoms with Gasteiger partial charge in [-0.15, -0.1) is 0 Å². The maximum atomic E-state index is 2.39. The molecule has 0 aromatic rings. The molecule has 0 atom stereocenters. The minimum Gasteiger partial charge on any atom is -0.396 e. The average Bonchev–Trinajstić information content (AvgIpc) is 2.44. The zero-order chi connectivity index (χ0) is 10.3. The highest BCUT2D eigenvalue weighted by Gasteiger charge is 2.36. The van der Waals surface area contributed by atoms with Crippen molar-refractivity contribution in [2.24, 2.45) is 0 Å². The molecule has 0 unspecified atom stereocenters. The van der Waals surface area contributed by atoms with Crippen LogP contribution in [-0.2, 0) is 0 Å². The molecule has 3 heteroatoms. The van der Waals surface area contributed by atoms with Crippen molar-refractivity contribution in [1.82, 2.24) is 9.62 Å². The van der Waals surface area contributed by atoms with Crippen LogP contribution >= 0.6 is 0 Å². The number of nitrogens with zero attached hydrogens (tertiary/aromatic N) is 2. The molecule has 0 N–H and O–H groups in total. The number of hydrogen-bond acceptors (Lipinski definition) is 2. The summed E-state index contributed by atoms with van der Waals surface area (Å²) in [6.07, 6.45) is 10.7. The zero-order valence-corrected chi connectivity index (χ0v) is 9.36. The second-order valence-electron chi connectivity index (χ2n) is 4.87. The van der Waals surface area contributed by atoms with Crippen LogP contribution in [0.2, 0.25) is 6.82 Å². The summed E-state index contributed by atoms with van der Waals surface area (Å²) in [6, 6.07) is 0. The normalized spacial score (nSPS) is 20.3. The summed E-state index contributed by atoms with van der Waals surface area (Å²) >= 11 is 0. The average molecular weight is 188 g/mol. The molecule has 74 valence electrons. The highest BCUT2D eigenvalue weighted by atomic mass is 15.3. The Bertz CT molecular complexity index is 323. The zero-order valence-electron chi connectivity index (χ0n) is 9.36. The number of rotatable bonds is 0. The topological polar surface area (TPSA) is 6.48 Å². The first-order chi connectivity index (χ1) is 6.50. The molecular weight excluding hydrogens is 171 g/mol. The van der Waals surface area contributed by atoms with E-state index in [4.69, 9.17) is 0 Å². The minimum absolute atomic E-state index is 0.186. The molecular formula is C11H17BN2. The Morgan fingerprint density at radius 3 is 2.50 bits per heavy atom. The molecule has 0 aliphatic carbocycles. The molecule has 0 fully saturated rings. The van der Waals surface area contributed by atoms with Crippen molar-refractivity contribution in [3.63, 3.8) is 0 Å². The first kappa shape index (κ1) is 9.44. The summed E-state index contributed by atoms with van der Waals surface area (Å²) in [4.78, 5) is 4.69. The van der Waals surface area contributed by atoms with E-state index in [9.17, 15) is 0 Å². The lowest BCUT2D eigenvalue weighted by molar-refractivity contribution is 0.322. The van der Waals surface area contributed by atoms with Crippen LogP contribution in [0.25, 0.3) is 0 Å². The van der Waals surface area contributed by atoms with Gasteiger partial charge < -0.3 is 9.62 Å². The van der Waals surface area contributed by atoms with E-state index in [1.807, 2.05) is 0 Å². The lowest BCUT2D eigenvalue weighted by Crippen LogP contribution is -2.48. The van der Waals surface area contributed by atoms with Gasteiger partial charge in [0, 0.05) is 17.4 Å². The molecule has 0 saturated heterocycles. The van der Waals surface area contributed by atoms with Gasteiger partial charge in [-0.25, -0.2) is 0 Å². The van der Waals surface area contributed by atoms with Gasteiger partial charge in [0.15, 0.2) is 0 Å². The van der Waals surface area contributed by atoms with Crippen LogP contribution in [0.15, 0.2) is 36.3 Å².